The third-order valence-electron chi connectivity index (χ3n) is 4.09. The van der Waals surface area contributed by atoms with Crippen molar-refractivity contribution in [2.75, 3.05) is 0 Å². The topological polar surface area (TPSA) is 39.9 Å². The Kier molecular flexibility index (Phi) is 6.29. The molecule has 0 unspecified atom stereocenters. The van der Waals surface area contributed by atoms with E-state index in [1.165, 1.54) is 12.1 Å². The largest absolute Gasteiger partial charge is 0.485 e. The number of benzene rings is 2. The first-order valence-electron chi connectivity index (χ1n) is 8.67. The number of hydrogen-bond donors (Lipinski definition) is 0. The lowest BCUT2D eigenvalue weighted by atomic mass is 10.1. The molecule has 0 bridgehead atoms. The summed E-state index contributed by atoms with van der Waals surface area (Å²) in [5.41, 5.74) is 3.27. The van der Waals surface area contributed by atoms with Gasteiger partial charge in [-0.2, -0.15) is 0 Å². The van der Waals surface area contributed by atoms with Crippen molar-refractivity contribution in [3.8, 4) is 5.75 Å². The smallest absolute Gasteiger partial charge is 0.191 e. The number of hydrogen-bond acceptors (Lipinski definition) is 4. The van der Waals surface area contributed by atoms with Crippen LogP contribution in [0.15, 0.2) is 60.3 Å². The number of aryl methyl sites for hydroxylation is 2. The summed E-state index contributed by atoms with van der Waals surface area (Å²) in [5.74, 6) is 2.05. The third kappa shape index (κ3) is 4.98. The highest BCUT2D eigenvalue weighted by atomic mass is 32.2. The van der Waals surface area contributed by atoms with E-state index in [1.54, 1.807) is 23.9 Å². The second-order valence-electron chi connectivity index (χ2n) is 6.27. The molecule has 140 valence electrons. The number of rotatable bonds is 8. The maximum Gasteiger partial charge on any atom is 0.191 e. The average molecular weight is 383 g/mol. The fourth-order valence-corrected chi connectivity index (χ4v) is 3.50. The predicted molar refractivity (Wildman–Crippen MR) is 106 cm³/mol. The fraction of sp³-hybridized carbons (Fsp3) is 0.238. The molecule has 27 heavy (non-hydrogen) atoms. The first-order valence-corrected chi connectivity index (χ1v) is 9.65. The van der Waals surface area contributed by atoms with Gasteiger partial charge in [0.2, 0.25) is 0 Å². The molecule has 0 atom stereocenters. The molecule has 1 heterocycles. The van der Waals surface area contributed by atoms with Crippen LogP contribution in [-0.2, 0) is 18.9 Å². The summed E-state index contributed by atoms with van der Waals surface area (Å²) in [7, 11) is 0. The number of nitrogens with zero attached hydrogens (tertiary/aromatic N) is 3. The standard InChI is InChI=1S/C21H22FN3OS/c1-4-11-25-20(13-26-19-12-15(2)5-6-16(19)3)23-24-21(25)27-14-17-7-9-18(22)10-8-17/h4-10,12H,1,11,13-14H2,2-3H3. The lowest BCUT2D eigenvalue weighted by molar-refractivity contribution is 0.287. The van der Waals surface area contributed by atoms with E-state index in [4.69, 9.17) is 4.74 Å². The molecule has 4 nitrogen and oxygen atoms in total. The highest BCUT2D eigenvalue weighted by molar-refractivity contribution is 7.98. The van der Waals surface area contributed by atoms with Gasteiger partial charge >= 0.3 is 0 Å². The van der Waals surface area contributed by atoms with Gasteiger partial charge < -0.3 is 4.74 Å². The number of ether oxygens (including phenoxy) is 1. The van der Waals surface area contributed by atoms with E-state index in [9.17, 15) is 4.39 Å². The molecule has 3 aromatic rings. The number of allylic oxidation sites excluding steroid dienone is 1. The lowest BCUT2D eigenvalue weighted by Crippen LogP contribution is -2.08. The van der Waals surface area contributed by atoms with E-state index in [0.29, 0.717) is 18.9 Å². The monoisotopic (exact) mass is 383 g/mol. The minimum absolute atomic E-state index is 0.232. The van der Waals surface area contributed by atoms with Gasteiger partial charge in [-0.25, -0.2) is 4.39 Å². The fourth-order valence-electron chi connectivity index (χ4n) is 2.58. The van der Waals surface area contributed by atoms with Crippen molar-refractivity contribution in [2.45, 2.75) is 37.9 Å². The number of thioether (sulfide) groups is 1. The van der Waals surface area contributed by atoms with Gasteiger partial charge in [-0.05, 0) is 48.7 Å². The maximum absolute atomic E-state index is 13.0. The molecule has 0 N–H and O–H groups in total. The zero-order valence-corrected chi connectivity index (χ0v) is 16.3. The van der Waals surface area contributed by atoms with Crippen molar-refractivity contribution >= 4 is 11.8 Å². The van der Waals surface area contributed by atoms with Crippen LogP contribution in [0.3, 0.4) is 0 Å². The van der Waals surface area contributed by atoms with Crippen LogP contribution in [0.1, 0.15) is 22.5 Å². The summed E-state index contributed by atoms with van der Waals surface area (Å²) in [4.78, 5) is 0. The first kappa shape index (κ1) is 19.2. The Labute approximate surface area is 163 Å². The summed E-state index contributed by atoms with van der Waals surface area (Å²) < 4.78 is 21.0. The molecule has 1 aromatic heterocycles. The highest BCUT2D eigenvalue weighted by Gasteiger charge is 2.13. The van der Waals surface area contributed by atoms with Gasteiger partial charge in [-0.15, -0.1) is 16.8 Å². The second kappa shape index (κ2) is 8.86. The first-order chi connectivity index (χ1) is 13.1. The molecule has 0 saturated heterocycles. The van der Waals surface area contributed by atoms with Crippen molar-refractivity contribution < 1.29 is 9.13 Å². The van der Waals surface area contributed by atoms with Gasteiger partial charge in [0, 0.05) is 12.3 Å². The van der Waals surface area contributed by atoms with Gasteiger partial charge in [0.25, 0.3) is 0 Å². The summed E-state index contributed by atoms with van der Waals surface area (Å²) in [6, 6.07) is 12.6. The number of halogens is 1. The van der Waals surface area contributed by atoms with E-state index >= 15 is 0 Å². The minimum Gasteiger partial charge on any atom is -0.485 e. The normalized spacial score (nSPS) is 10.8. The second-order valence-corrected chi connectivity index (χ2v) is 7.21. The molecule has 0 saturated carbocycles. The third-order valence-corrected chi connectivity index (χ3v) is 5.12. The molecule has 0 spiro atoms. The van der Waals surface area contributed by atoms with Crippen molar-refractivity contribution in [3.05, 3.63) is 83.5 Å². The predicted octanol–water partition coefficient (Wildman–Crippen LogP) is 5.09. The van der Waals surface area contributed by atoms with Gasteiger partial charge in [-0.3, -0.25) is 4.57 Å². The molecule has 0 amide bonds. The van der Waals surface area contributed by atoms with Crippen LogP contribution in [0.4, 0.5) is 4.39 Å². The van der Waals surface area contributed by atoms with Crippen LogP contribution in [0, 0.1) is 19.7 Å². The van der Waals surface area contributed by atoms with E-state index in [1.807, 2.05) is 36.6 Å². The van der Waals surface area contributed by atoms with Gasteiger partial charge in [0.1, 0.15) is 18.2 Å². The molecule has 0 aliphatic rings. The van der Waals surface area contributed by atoms with E-state index in [2.05, 4.69) is 22.8 Å². The summed E-state index contributed by atoms with van der Waals surface area (Å²) >= 11 is 1.56. The highest BCUT2D eigenvalue weighted by Crippen LogP contribution is 2.24. The van der Waals surface area contributed by atoms with Gasteiger partial charge in [0.15, 0.2) is 11.0 Å². The SMILES string of the molecule is C=CCn1c(COc2cc(C)ccc2C)nnc1SCc1ccc(F)cc1. The molecule has 2 aromatic carbocycles. The zero-order chi connectivity index (χ0) is 19.2. The van der Waals surface area contributed by atoms with Crippen LogP contribution in [0.25, 0.3) is 0 Å². The van der Waals surface area contributed by atoms with Crippen molar-refractivity contribution in [1.82, 2.24) is 14.8 Å². The minimum atomic E-state index is -0.232. The van der Waals surface area contributed by atoms with Gasteiger partial charge in [0.05, 0.1) is 0 Å². The van der Waals surface area contributed by atoms with Crippen molar-refractivity contribution in [1.29, 1.82) is 0 Å². The Balaban J connectivity index is 1.71. The Hall–Kier alpha value is -2.60. The summed E-state index contributed by atoms with van der Waals surface area (Å²) in [5, 5.41) is 9.37. The lowest BCUT2D eigenvalue weighted by Gasteiger charge is -2.11. The van der Waals surface area contributed by atoms with Crippen LogP contribution < -0.4 is 4.74 Å². The Morgan fingerprint density at radius 2 is 1.93 bits per heavy atom. The van der Waals surface area contributed by atoms with Crippen LogP contribution >= 0.6 is 11.8 Å². The van der Waals surface area contributed by atoms with E-state index in [-0.39, 0.29) is 5.82 Å². The molecule has 0 radical (unpaired) electrons. The van der Waals surface area contributed by atoms with Crippen molar-refractivity contribution in [3.63, 3.8) is 0 Å². The molecule has 0 aliphatic carbocycles. The van der Waals surface area contributed by atoms with E-state index in [0.717, 1.165) is 33.4 Å². The number of aromatic nitrogens is 3. The summed E-state index contributed by atoms with van der Waals surface area (Å²) in [6.45, 7) is 8.82. The summed E-state index contributed by atoms with van der Waals surface area (Å²) in [6.07, 6.45) is 1.81. The quantitative estimate of drug-likeness (QED) is 0.401. The average Bonchev–Trinajstić information content (AvgIpc) is 3.04. The maximum atomic E-state index is 13.0. The Morgan fingerprint density at radius 3 is 2.67 bits per heavy atom. The Morgan fingerprint density at radius 1 is 1.15 bits per heavy atom. The van der Waals surface area contributed by atoms with Crippen LogP contribution in [0.5, 0.6) is 5.75 Å². The molecular formula is C21H22FN3OS. The van der Waals surface area contributed by atoms with Crippen LogP contribution in [0.2, 0.25) is 0 Å². The molecule has 0 fully saturated rings. The molecule has 6 heteroatoms. The van der Waals surface area contributed by atoms with E-state index < -0.39 is 0 Å². The molecule has 0 aliphatic heterocycles. The molecule has 3 rings (SSSR count). The Bertz CT molecular complexity index is 922. The zero-order valence-electron chi connectivity index (χ0n) is 15.5. The van der Waals surface area contributed by atoms with Crippen LogP contribution in [-0.4, -0.2) is 14.8 Å². The van der Waals surface area contributed by atoms with Crippen molar-refractivity contribution in [2.24, 2.45) is 0 Å². The molecular weight excluding hydrogens is 361 g/mol. The van der Waals surface area contributed by atoms with Gasteiger partial charge in [-0.1, -0.05) is 42.1 Å².